The third kappa shape index (κ3) is 4.71. The zero-order valence-electron chi connectivity index (χ0n) is 18.8. The van der Waals surface area contributed by atoms with E-state index in [9.17, 15) is 14.4 Å². The largest absolute Gasteiger partial charge is 0.456 e. The molecule has 1 N–H and O–H groups in total. The van der Waals surface area contributed by atoms with Crippen molar-refractivity contribution in [2.45, 2.75) is 26.4 Å². The molecule has 4 aromatic rings. The highest BCUT2D eigenvalue weighted by Gasteiger charge is 2.17. The Morgan fingerprint density at radius 1 is 1.09 bits per heavy atom. The lowest BCUT2D eigenvalue weighted by molar-refractivity contribution is 0.0467. The van der Waals surface area contributed by atoms with E-state index in [1.807, 2.05) is 13.8 Å². The number of carbonyl (C=O) groups excluding carboxylic acids is 2. The Kier molecular flexibility index (Phi) is 5.91. The maximum atomic E-state index is 12.5. The van der Waals surface area contributed by atoms with Crippen LogP contribution in [0.3, 0.4) is 0 Å². The van der Waals surface area contributed by atoms with E-state index in [0.29, 0.717) is 39.0 Å². The SMILES string of the molecule is CC(C)c1nn2c(=O)cc(COC(=O)c3ccc(NC(=O)c4ccc5c(c4)OCO5)cc3)nc2s1. The number of anilines is 1. The molecule has 0 aliphatic carbocycles. The third-order valence-corrected chi connectivity index (χ3v) is 6.38. The summed E-state index contributed by atoms with van der Waals surface area (Å²) < 4.78 is 17.1. The molecular weight excluding hydrogens is 472 g/mol. The second kappa shape index (κ2) is 9.18. The Balaban J connectivity index is 1.21. The van der Waals surface area contributed by atoms with Gasteiger partial charge < -0.3 is 19.5 Å². The number of hydrogen-bond donors (Lipinski definition) is 1. The lowest BCUT2D eigenvalue weighted by Crippen LogP contribution is -2.17. The van der Waals surface area contributed by atoms with Crippen molar-refractivity contribution in [3.05, 3.63) is 80.7 Å². The average Bonchev–Trinajstić information content (AvgIpc) is 3.50. The molecule has 0 fully saturated rings. The summed E-state index contributed by atoms with van der Waals surface area (Å²) in [5.74, 6) is 0.384. The van der Waals surface area contributed by atoms with E-state index in [0.717, 1.165) is 5.01 Å². The van der Waals surface area contributed by atoms with Gasteiger partial charge in [0, 0.05) is 23.2 Å². The Bertz CT molecular complexity index is 1490. The van der Waals surface area contributed by atoms with Crippen molar-refractivity contribution in [1.82, 2.24) is 14.6 Å². The zero-order chi connectivity index (χ0) is 24.5. The van der Waals surface area contributed by atoms with Gasteiger partial charge in [-0.3, -0.25) is 9.59 Å². The molecule has 0 radical (unpaired) electrons. The van der Waals surface area contributed by atoms with Crippen LogP contribution in [0.25, 0.3) is 4.96 Å². The Labute approximate surface area is 203 Å². The molecular formula is C24H20N4O6S. The second-order valence-corrected chi connectivity index (χ2v) is 9.04. The fraction of sp³-hybridized carbons (Fsp3) is 0.208. The molecule has 10 nitrogen and oxygen atoms in total. The van der Waals surface area contributed by atoms with Gasteiger partial charge in [0.2, 0.25) is 11.8 Å². The molecule has 1 aliphatic rings. The standard InChI is InChI=1S/C24H20N4O6S/c1-13(2)22-27-28-20(29)10-17(26-24(28)35-22)11-32-23(31)14-3-6-16(7-4-14)25-21(30)15-5-8-18-19(9-15)34-12-33-18/h3-10,13H,11-12H2,1-2H3,(H,25,30). The number of carbonyl (C=O) groups is 2. The molecule has 178 valence electrons. The van der Waals surface area contributed by atoms with Crippen LogP contribution >= 0.6 is 11.3 Å². The first kappa shape index (κ1) is 22.5. The van der Waals surface area contributed by atoms with Gasteiger partial charge in [0.15, 0.2) is 11.5 Å². The van der Waals surface area contributed by atoms with Gasteiger partial charge >= 0.3 is 5.97 Å². The number of rotatable bonds is 6. The van der Waals surface area contributed by atoms with Crippen LogP contribution in [0.4, 0.5) is 5.69 Å². The number of aromatic nitrogens is 3. The van der Waals surface area contributed by atoms with E-state index < -0.39 is 5.97 Å². The van der Waals surface area contributed by atoms with Crippen LogP contribution in [-0.2, 0) is 11.3 Å². The maximum Gasteiger partial charge on any atom is 0.338 e. The molecule has 0 atom stereocenters. The molecule has 5 rings (SSSR count). The fourth-order valence-electron chi connectivity index (χ4n) is 3.33. The molecule has 3 heterocycles. The molecule has 0 saturated heterocycles. The van der Waals surface area contributed by atoms with Crippen LogP contribution in [0.5, 0.6) is 11.5 Å². The number of amides is 1. The number of benzene rings is 2. The Hall–Kier alpha value is -4.25. The normalized spacial score (nSPS) is 12.2. The van der Waals surface area contributed by atoms with Gasteiger partial charge in [-0.1, -0.05) is 25.2 Å². The number of esters is 1. The number of nitrogens with zero attached hydrogens (tertiary/aromatic N) is 3. The first-order valence-corrected chi connectivity index (χ1v) is 11.6. The molecule has 2 aromatic heterocycles. The van der Waals surface area contributed by atoms with E-state index >= 15 is 0 Å². The molecule has 2 aromatic carbocycles. The van der Waals surface area contributed by atoms with Crippen molar-refractivity contribution in [3.63, 3.8) is 0 Å². The van der Waals surface area contributed by atoms with Crippen molar-refractivity contribution in [3.8, 4) is 11.5 Å². The minimum Gasteiger partial charge on any atom is -0.456 e. The van der Waals surface area contributed by atoms with Crippen LogP contribution in [0.1, 0.15) is 51.2 Å². The van der Waals surface area contributed by atoms with Crippen LogP contribution in [-0.4, -0.2) is 33.3 Å². The quantitative estimate of drug-likeness (QED) is 0.405. The summed E-state index contributed by atoms with van der Waals surface area (Å²) in [4.78, 5) is 42.1. The van der Waals surface area contributed by atoms with E-state index in [1.165, 1.54) is 21.9 Å². The van der Waals surface area contributed by atoms with Crippen molar-refractivity contribution < 1.29 is 23.8 Å². The summed E-state index contributed by atoms with van der Waals surface area (Å²) >= 11 is 1.33. The van der Waals surface area contributed by atoms with Crippen molar-refractivity contribution in [1.29, 1.82) is 0 Å². The summed E-state index contributed by atoms with van der Waals surface area (Å²) in [5, 5.41) is 7.84. The first-order valence-electron chi connectivity index (χ1n) is 10.8. The zero-order valence-corrected chi connectivity index (χ0v) is 19.6. The van der Waals surface area contributed by atoms with E-state index in [-0.39, 0.29) is 30.8 Å². The van der Waals surface area contributed by atoms with Gasteiger partial charge in [-0.2, -0.15) is 9.61 Å². The topological polar surface area (TPSA) is 121 Å². The number of hydrogen-bond acceptors (Lipinski definition) is 9. The summed E-state index contributed by atoms with van der Waals surface area (Å²) in [6.07, 6.45) is 0. The number of fused-ring (bicyclic) bond motifs is 2. The first-order chi connectivity index (χ1) is 16.9. The highest BCUT2D eigenvalue weighted by Crippen LogP contribution is 2.32. The average molecular weight is 493 g/mol. The molecule has 0 bridgehead atoms. The van der Waals surface area contributed by atoms with Crippen LogP contribution < -0.4 is 20.3 Å². The molecule has 0 saturated carbocycles. The third-order valence-electron chi connectivity index (χ3n) is 5.17. The summed E-state index contributed by atoms with van der Waals surface area (Å²) in [6, 6.07) is 12.5. The summed E-state index contributed by atoms with van der Waals surface area (Å²) in [7, 11) is 0. The Morgan fingerprint density at radius 2 is 1.83 bits per heavy atom. The predicted molar refractivity (Wildman–Crippen MR) is 127 cm³/mol. The molecule has 11 heteroatoms. The van der Waals surface area contributed by atoms with E-state index in [2.05, 4.69) is 15.4 Å². The second-order valence-electron chi connectivity index (χ2n) is 8.05. The minimum atomic E-state index is -0.576. The van der Waals surface area contributed by atoms with Crippen LogP contribution in [0.2, 0.25) is 0 Å². The number of ether oxygens (including phenoxy) is 3. The van der Waals surface area contributed by atoms with Gasteiger partial charge in [-0.15, -0.1) is 0 Å². The van der Waals surface area contributed by atoms with Gasteiger partial charge in [0.1, 0.15) is 11.6 Å². The number of nitrogens with one attached hydrogen (secondary N) is 1. The maximum absolute atomic E-state index is 12.5. The van der Waals surface area contributed by atoms with Crippen molar-refractivity contribution >= 4 is 33.9 Å². The van der Waals surface area contributed by atoms with Crippen molar-refractivity contribution in [2.75, 3.05) is 12.1 Å². The molecule has 1 aliphatic heterocycles. The molecule has 35 heavy (non-hydrogen) atoms. The van der Waals surface area contributed by atoms with Crippen LogP contribution in [0.15, 0.2) is 53.3 Å². The summed E-state index contributed by atoms with van der Waals surface area (Å²) in [6.45, 7) is 3.95. The molecule has 1 amide bonds. The minimum absolute atomic E-state index is 0.129. The predicted octanol–water partition coefficient (Wildman–Crippen LogP) is 3.61. The van der Waals surface area contributed by atoms with E-state index in [4.69, 9.17) is 14.2 Å². The smallest absolute Gasteiger partial charge is 0.338 e. The highest BCUT2D eigenvalue weighted by molar-refractivity contribution is 7.16. The molecule has 0 unspecified atom stereocenters. The van der Waals surface area contributed by atoms with Gasteiger partial charge in [-0.05, 0) is 42.5 Å². The van der Waals surface area contributed by atoms with E-state index in [1.54, 1.807) is 42.5 Å². The van der Waals surface area contributed by atoms with Gasteiger partial charge in [0.25, 0.3) is 11.5 Å². The van der Waals surface area contributed by atoms with Crippen LogP contribution in [0, 0.1) is 0 Å². The Morgan fingerprint density at radius 3 is 2.60 bits per heavy atom. The van der Waals surface area contributed by atoms with Gasteiger partial charge in [-0.25, -0.2) is 9.78 Å². The highest BCUT2D eigenvalue weighted by atomic mass is 32.1. The molecule has 0 spiro atoms. The lowest BCUT2D eigenvalue weighted by atomic mass is 10.1. The fourth-order valence-corrected chi connectivity index (χ4v) is 4.26. The monoisotopic (exact) mass is 492 g/mol. The van der Waals surface area contributed by atoms with Crippen molar-refractivity contribution in [2.24, 2.45) is 0 Å². The van der Waals surface area contributed by atoms with Gasteiger partial charge in [0.05, 0.1) is 11.3 Å². The summed E-state index contributed by atoms with van der Waals surface area (Å²) in [5.41, 5.74) is 1.24. The lowest BCUT2D eigenvalue weighted by Gasteiger charge is -2.08.